The number of aliphatic hydroxyl groups excluding tert-OH is 4. The van der Waals surface area contributed by atoms with Crippen molar-refractivity contribution in [2.45, 2.75) is 56.8 Å². The highest BCUT2D eigenvalue weighted by atomic mass is 16.6. The SMILES string of the molecule is CN1CCCC1.C[N+]1(CC(O)CO)CCCC1.C[N+]1(CC([O-])CO)CCCC1.O.OCC1CO1.[OH-]. The number of quaternary nitrogens is 2. The van der Waals surface area contributed by atoms with Crippen LogP contribution in [0, 0.1) is 0 Å². The molecular weight excluding hydrogens is 458 g/mol. The Morgan fingerprint density at radius 1 is 0.857 bits per heavy atom. The van der Waals surface area contributed by atoms with Gasteiger partial charge >= 0.3 is 0 Å². The van der Waals surface area contributed by atoms with Crippen LogP contribution in [0.2, 0.25) is 0 Å². The van der Waals surface area contributed by atoms with Gasteiger partial charge in [-0.05, 0) is 33.0 Å². The van der Waals surface area contributed by atoms with Crippen molar-refractivity contribution in [3.8, 4) is 0 Å². The van der Waals surface area contributed by atoms with E-state index in [1.165, 1.54) is 51.6 Å². The molecule has 0 radical (unpaired) electrons. The lowest BCUT2D eigenvalue weighted by Crippen LogP contribution is -2.51. The van der Waals surface area contributed by atoms with Gasteiger partial charge in [-0.25, -0.2) is 0 Å². The number of rotatable bonds is 7. The Kier molecular flexibility index (Phi) is 20.6. The fourth-order valence-corrected chi connectivity index (χ4v) is 4.73. The van der Waals surface area contributed by atoms with Crippen molar-refractivity contribution in [3.63, 3.8) is 0 Å². The second-order valence-electron chi connectivity index (χ2n) is 10.7. The van der Waals surface area contributed by atoms with Crippen LogP contribution < -0.4 is 5.11 Å². The molecule has 0 bridgehead atoms. The monoisotopic (exact) mass is 513 g/mol. The normalized spacial score (nSPS) is 25.2. The van der Waals surface area contributed by atoms with E-state index < -0.39 is 12.2 Å². The third-order valence-corrected chi connectivity index (χ3v) is 6.94. The second-order valence-corrected chi connectivity index (χ2v) is 10.7. The van der Waals surface area contributed by atoms with Crippen molar-refractivity contribution in [1.82, 2.24) is 4.90 Å². The van der Waals surface area contributed by atoms with E-state index in [-0.39, 0.29) is 36.9 Å². The van der Waals surface area contributed by atoms with Crippen molar-refractivity contribution < 1.29 is 50.2 Å². The average molecular weight is 514 g/mol. The van der Waals surface area contributed by atoms with Crippen LogP contribution in [0.25, 0.3) is 0 Å². The van der Waals surface area contributed by atoms with Gasteiger partial charge < -0.3 is 55.1 Å². The fourth-order valence-electron chi connectivity index (χ4n) is 4.73. The van der Waals surface area contributed by atoms with E-state index in [4.69, 9.17) is 15.3 Å². The molecule has 0 aromatic rings. The molecule has 0 spiro atoms. The molecule has 7 N–H and O–H groups in total. The molecule has 3 unspecified atom stereocenters. The smallest absolute Gasteiger partial charge is 0.126 e. The summed E-state index contributed by atoms with van der Waals surface area (Å²) < 4.78 is 6.41. The minimum absolute atomic E-state index is 0. The number of likely N-dealkylation sites (tertiary alicyclic amines) is 3. The summed E-state index contributed by atoms with van der Waals surface area (Å²) in [5.74, 6) is 0. The van der Waals surface area contributed by atoms with Crippen LogP contribution in [-0.4, -0.2) is 163 Å². The summed E-state index contributed by atoms with van der Waals surface area (Å²) in [6.07, 6.45) is 6.69. The zero-order chi connectivity index (χ0) is 24.7. The minimum atomic E-state index is -0.780. The first-order chi connectivity index (χ1) is 15.6. The fraction of sp³-hybridized carbons (Fsp3) is 1.00. The van der Waals surface area contributed by atoms with Gasteiger partial charge in [0.2, 0.25) is 0 Å². The molecule has 4 aliphatic heterocycles. The molecule has 11 heteroatoms. The number of aliphatic hydroxyl groups is 4. The Labute approximate surface area is 212 Å². The lowest BCUT2D eigenvalue weighted by atomic mass is 10.3. The highest BCUT2D eigenvalue weighted by Crippen LogP contribution is 2.17. The van der Waals surface area contributed by atoms with Crippen molar-refractivity contribution in [2.24, 2.45) is 0 Å². The van der Waals surface area contributed by atoms with Gasteiger partial charge in [-0.3, -0.25) is 0 Å². The molecule has 214 valence electrons. The average Bonchev–Trinajstić information content (AvgIpc) is 3.08. The Hall–Kier alpha value is -0.440. The third-order valence-electron chi connectivity index (χ3n) is 6.94. The lowest BCUT2D eigenvalue weighted by molar-refractivity contribution is -0.906. The van der Waals surface area contributed by atoms with Gasteiger partial charge in [-0.2, -0.15) is 0 Å². The van der Waals surface area contributed by atoms with Crippen molar-refractivity contribution in [3.05, 3.63) is 0 Å². The zero-order valence-electron chi connectivity index (χ0n) is 22.4. The molecule has 0 aromatic carbocycles. The van der Waals surface area contributed by atoms with E-state index >= 15 is 0 Å². The Morgan fingerprint density at radius 2 is 1.29 bits per heavy atom. The molecule has 4 heterocycles. The number of epoxide rings is 1. The van der Waals surface area contributed by atoms with E-state index in [2.05, 4.69) is 30.8 Å². The maximum atomic E-state index is 11.0. The van der Waals surface area contributed by atoms with E-state index in [0.29, 0.717) is 13.1 Å². The molecular formula is C24H55N3O8. The largest absolute Gasteiger partial charge is 0.870 e. The van der Waals surface area contributed by atoms with E-state index in [9.17, 15) is 10.2 Å². The molecule has 4 saturated heterocycles. The quantitative estimate of drug-likeness (QED) is 0.215. The van der Waals surface area contributed by atoms with E-state index in [1.54, 1.807) is 0 Å². The van der Waals surface area contributed by atoms with Gasteiger partial charge in [-0.15, -0.1) is 0 Å². The predicted octanol–water partition coefficient (Wildman–Crippen LogP) is -2.38. The van der Waals surface area contributed by atoms with Crippen LogP contribution in [0.1, 0.15) is 38.5 Å². The molecule has 4 fully saturated rings. The van der Waals surface area contributed by atoms with Crippen LogP contribution >= 0.6 is 0 Å². The summed E-state index contributed by atoms with van der Waals surface area (Å²) in [4.78, 5) is 2.36. The zero-order valence-corrected chi connectivity index (χ0v) is 22.4. The van der Waals surface area contributed by atoms with Gasteiger partial charge in [0.1, 0.15) is 18.8 Å². The maximum Gasteiger partial charge on any atom is 0.126 e. The first-order valence-electron chi connectivity index (χ1n) is 12.8. The highest BCUT2D eigenvalue weighted by Gasteiger charge is 2.29. The van der Waals surface area contributed by atoms with Gasteiger partial charge in [0, 0.05) is 32.3 Å². The van der Waals surface area contributed by atoms with Crippen LogP contribution in [0.3, 0.4) is 0 Å². The number of likely N-dealkylation sites (N-methyl/N-ethyl adjacent to an activating group) is 2. The van der Waals surface area contributed by atoms with Crippen LogP contribution in [0.5, 0.6) is 0 Å². The van der Waals surface area contributed by atoms with E-state index in [0.717, 1.165) is 41.8 Å². The van der Waals surface area contributed by atoms with Crippen LogP contribution in [0.4, 0.5) is 0 Å². The predicted molar refractivity (Wildman–Crippen MR) is 133 cm³/mol. The summed E-state index contributed by atoms with van der Waals surface area (Å²) >= 11 is 0. The van der Waals surface area contributed by atoms with Crippen molar-refractivity contribution in [1.29, 1.82) is 0 Å². The second kappa shape index (κ2) is 19.6. The molecule has 0 amide bonds. The summed E-state index contributed by atoms with van der Waals surface area (Å²) in [5.41, 5.74) is 0. The Balaban J connectivity index is 0. The molecule has 4 rings (SSSR count). The molecule has 11 nitrogen and oxygen atoms in total. The number of hydrogen-bond donors (Lipinski definition) is 4. The molecule has 3 atom stereocenters. The van der Waals surface area contributed by atoms with Crippen molar-refractivity contribution >= 4 is 0 Å². The molecule has 35 heavy (non-hydrogen) atoms. The topological polar surface area (TPSA) is 181 Å². The highest BCUT2D eigenvalue weighted by molar-refractivity contribution is 4.65. The third kappa shape index (κ3) is 17.6. The number of nitrogens with zero attached hydrogens (tertiary/aromatic N) is 3. The van der Waals surface area contributed by atoms with Crippen LogP contribution in [0.15, 0.2) is 0 Å². The Bertz CT molecular complexity index is 451. The first kappa shape index (κ1) is 36.7. The summed E-state index contributed by atoms with van der Waals surface area (Å²) in [6, 6.07) is 0. The van der Waals surface area contributed by atoms with Gasteiger partial charge in [0.05, 0.1) is 66.6 Å². The lowest BCUT2D eigenvalue weighted by Gasteiger charge is -2.35. The Morgan fingerprint density at radius 3 is 1.54 bits per heavy atom. The van der Waals surface area contributed by atoms with E-state index in [1.807, 2.05) is 0 Å². The standard InChI is InChI=1S/C8H18NO2.C8H17NO2.C5H11N.C3H6O2.2H2O/c2*1-9(4-2-3-5-9)6-8(11)7-10;1-6-4-2-3-5-6;4-1-3-2-5-3;;/h8,10-11H,2-7H2,1H3;8,10H,2-7H2,1H3;2-5H2,1H3;3-4H,1-2H2;2*1H2/q+1;;;;;/p-1. The maximum absolute atomic E-state index is 11.0. The number of ether oxygens (including phenoxy) is 1. The van der Waals surface area contributed by atoms with Gasteiger partial charge in [0.15, 0.2) is 0 Å². The number of hydrogen-bond acceptors (Lipinski definition) is 8. The first-order valence-corrected chi connectivity index (χ1v) is 12.8. The summed E-state index contributed by atoms with van der Waals surface area (Å²) in [6.45, 7) is 9.09. The van der Waals surface area contributed by atoms with Gasteiger partial charge in [0.25, 0.3) is 0 Å². The molecule has 0 saturated carbocycles. The molecule has 4 aliphatic rings. The molecule has 0 aromatic heterocycles. The summed E-state index contributed by atoms with van der Waals surface area (Å²) in [7, 11) is 6.42. The van der Waals surface area contributed by atoms with Crippen LogP contribution in [-0.2, 0) is 4.74 Å². The van der Waals surface area contributed by atoms with Gasteiger partial charge in [-0.1, -0.05) is 6.10 Å². The summed E-state index contributed by atoms with van der Waals surface area (Å²) in [5, 5.41) is 45.5. The van der Waals surface area contributed by atoms with Crippen molar-refractivity contribution in [2.75, 3.05) is 99.9 Å². The minimum Gasteiger partial charge on any atom is -0.870 e. The molecule has 0 aliphatic carbocycles.